The van der Waals surface area contributed by atoms with Crippen LogP contribution in [0.25, 0.3) is 0 Å². The molecule has 1 fully saturated rings. The molecule has 6 nitrogen and oxygen atoms in total. The van der Waals surface area contributed by atoms with E-state index in [9.17, 15) is 19.5 Å². The topological polar surface area (TPSA) is 90.4 Å². The Hall–Kier alpha value is -2.67. The maximum atomic E-state index is 12.7. The third kappa shape index (κ3) is 3.41. The van der Waals surface area contributed by atoms with Crippen molar-refractivity contribution in [2.75, 3.05) is 0 Å². The molecule has 0 saturated carbocycles. The van der Waals surface area contributed by atoms with Crippen LogP contribution in [0, 0.1) is 0 Å². The second-order valence-corrected chi connectivity index (χ2v) is 6.83. The molecule has 1 aliphatic rings. The molecule has 2 atom stereocenters. The number of thioether (sulfide) groups is 1. The van der Waals surface area contributed by atoms with Crippen LogP contribution in [-0.2, 0) is 9.59 Å². The number of carbonyl (C=O) groups is 3. The van der Waals surface area contributed by atoms with Gasteiger partial charge >= 0.3 is 0 Å². The molecule has 2 aromatic rings. The van der Waals surface area contributed by atoms with Gasteiger partial charge in [-0.3, -0.25) is 14.5 Å². The fourth-order valence-electron chi connectivity index (χ4n) is 2.78. The quantitative estimate of drug-likeness (QED) is 0.754. The Labute approximate surface area is 148 Å². The summed E-state index contributed by atoms with van der Waals surface area (Å²) >= 11 is 0.990. The number of aromatic carboxylic acids is 1. The number of likely N-dealkylation sites (tertiary alicyclic amines) is 1. The number of pyridine rings is 1. The third-order valence-electron chi connectivity index (χ3n) is 4.06. The molecule has 128 valence electrons. The predicted octanol–water partition coefficient (Wildman–Crippen LogP) is 1.43. The highest BCUT2D eigenvalue weighted by molar-refractivity contribution is 8.00. The normalized spacial score (nSPS) is 18.4. The average molecular weight is 355 g/mol. The lowest BCUT2D eigenvalue weighted by atomic mass is 10.1. The van der Waals surface area contributed by atoms with Crippen LogP contribution in [0.1, 0.15) is 35.3 Å². The Morgan fingerprint density at radius 3 is 2.64 bits per heavy atom. The van der Waals surface area contributed by atoms with Crippen molar-refractivity contribution in [1.82, 2.24) is 9.88 Å². The Balaban J connectivity index is 1.81. The van der Waals surface area contributed by atoms with Crippen LogP contribution >= 0.6 is 11.8 Å². The van der Waals surface area contributed by atoms with Crippen LogP contribution in [-0.4, -0.2) is 32.9 Å². The first-order valence-electron chi connectivity index (χ1n) is 7.73. The number of hydrogen-bond acceptors (Lipinski definition) is 6. The van der Waals surface area contributed by atoms with Crippen LogP contribution in [0.2, 0.25) is 0 Å². The standard InChI is InChI=1S/C18H16N2O4S/c1-11(12-6-3-2-4-7-12)20-15(21)10-14(17(20)22)25-16-13(18(23)24)8-5-9-19-16/h2-9,11,14H,10H2,1H3,(H,23,24)/p-1/t11-,14-/m1/s1. The number of carboxylic acids is 1. The zero-order valence-corrected chi connectivity index (χ0v) is 14.2. The number of carboxylic acid groups (broad SMARTS) is 1. The van der Waals surface area contributed by atoms with Gasteiger partial charge in [0, 0.05) is 18.2 Å². The van der Waals surface area contributed by atoms with Gasteiger partial charge in [0.05, 0.1) is 17.3 Å². The van der Waals surface area contributed by atoms with Crippen LogP contribution in [0.15, 0.2) is 53.7 Å². The summed E-state index contributed by atoms with van der Waals surface area (Å²) < 4.78 is 0. The van der Waals surface area contributed by atoms with E-state index >= 15 is 0 Å². The Bertz CT molecular complexity index is 825. The summed E-state index contributed by atoms with van der Waals surface area (Å²) in [6.07, 6.45) is 1.46. The minimum Gasteiger partial charge on any atom is -0.545 e. The minimum absolute atomic E-state index is 0.0176. The summed E-state index contributed by atoms with van der Waals surface area (Å²) in [5.74, 6) is -1.96. The number of rotatable bonds is 5. The van der Waals surface area contributed by atoms with Gasteiger partial charge in [-0.15, -0.1) is 0 Å². The van der Waals surface area contributed by atoms with E-state index in [1.54, 1.807) is 6.92 Å². The molecule has 3 rings (SSSR count). The molecule has 1 saturated heterocycles. The van der Waals surface area contributed by atoms with Crippen molar-refractivity contribution in [1.29, 1.82) is 0 Å². The number of imide groups is 1. The van der Waals surface area contributed by atoms with Gasteiger partial charge in [0.1, 0.15) is 5.03 Å². The first-order valence-corrected chi connectivity index (χ1v) is 8.61. The zero-order chi connectivity index (χ0) is 18.0. The molecule has 1 aliphatic heterocycles. The highest BCUT2D eigenvalue weighted by Crippen LogP contribution is 2.35. The van der Waals surface area contributed by atoms with E-state index in [0.717, 1.165) is 17.3 Å². The van der Waals surface area contributed by atoms with E-state index in [4.69, 9.17) is 0 Å². The maximum Gasteiger partial charge on any atom is 0.243 e. The number of aromatic nitrogens is 1. The van der Waals surface area contributed by atoms with Gasteiger partial charge in [-0.05, 0) is 24.6 Å². The fraction of sp³-hybridized carbons (Fsp3) is 0.222. The lowest BCUT2D eigenvalue weighted by Gasteiger charge is -2.23. The lowest BCUT2D eigenvalue weighted by molar-refractivity contribution is -0.255. The second-order valence-electron chi connectivity index (χ2n) is 5.64. The molecule has 0 bridgehead atoms. The predicted molar refractivity (Wildman–Crippen MR) is 89.5 cm³/mol. The SMILES string of the molecule is C[C@H](c1ccccc1)N1C(=O)C[C@@H](Sc2ncccc2C(=O)[O-])C1=O. The average Bonchev–Trinajstić information content (AvgIpc) is 2.89. The molecule has 1 aromatic heterocycles. The highest BCUT2D eigenvalue weighted by atomic mass is 32.2. The van der Waals surface area contributed by atoms with Crippen molar-refractivity contribution < 1.29 is 19.5 Å². The van der Waals surface area contributed by atoms with Gasteiger partial charge in [-0.1, -0.05) is 42.1 Å². The largest absolute Gasteiger partial charge is 0.545 e. The molecule has 0 spiro atoms. The van der Waals surface area contributed by atoms with Crippen molar-refractivity contribution >= 4 is 29.5 Å². The van der Waals surface area contributed by atoms with E-state index in [0.29, 0.717) is 0 Å². The van der Waals surface area contributed by atoms with Crippen molar-refractivity contribution in [2.24, 2.45) is 0 Å². The molecule has 2 amide bonds. The summed E-state index contributed by atoms with van der Waals surface area (Å²) in [5, 5.41) is 10.7. The molecule has 2 heterocycles. The van der Waals surface area contributed by atoms with E-state index < -0.39 is 11.2 Å². The van der Waals surface area contributed by atoms with Crippen LogP contribution in [0.4, 0.5) is 0 Å². The highest BCUT2D eigenvalue weighted by Gasteiger charge is 2.42. The van der Waals surface area contributed by atoms with Crippen molar-refractivity contribution in [2.45, 2.75) is 29.7 Å². The molecule has 25 heavy (non-hydrogen) atoms. The summed E-state index contributed by atoms with van der Waals surface area (Å²) in [5.41, 5.74) is 0.783. The van der Waals surface area contributed by atoms with Crippen LogP contribution in [0.5, 0.6) is 0 Å². The molecule has 0 unspecified atom stereocenters. The summed E-state index contributed by atoms with van der Waals surface area (Å²) in [7, 11) is 0. The first-order chi connectivity index (χ1) is 12.0. The Kier molecular flexibility index (Phi) is 4.85. The number of carbonyl (C=O) groups excluding carboxylic acids is 3. The fourth-order valence-corrected chi connectivity index (χ4v) is 3.89. The number of amides is 2. The van der Waals surface area contributed by atoms with Gasteiger partial charge in [0.15, 0.2) is 0 Å². The lowest BCUT2D eigenvalue weighted by Crippen LogP contribution is -2.34. The molecular weight excluding hydrogens is 340 g/mol. The first kappa shape index (κ1) is 17.2. The molecule has 0 radical (unpaired) electrons. The third-order valence-corrected chi connectivity index (χ3v) is 5.26. The summed E-state index contributed by atoms with van der Waals surface area (Å²) in [6.45, 7) is 1.80. The number of nitrogens with zero attached hydrogens (tertiary/aromatic N) is 2. The molecule has 0 aliphatic carbocycles. The van der Waals surface area contributed by atoms with Gasteiger partial charge in [-0.2, -0.15) is 0 Å². The number of hydrogen-bond donors (Lipinski definition) is 0. The van der Waals surface area contributed by atoms with Crippen LogP contribution < -0.4 is 5.11 Å². The van der Waals surface area contributed by atoms with E-state index in [2.05, 4.69) is 4.98 Å². The molecule has 0 N–H and O–H groups in total. The van der Waals surface area contributed by atoms with Gasteiger partial charge in [0.2, 0.25) is 11.8 Å². The van der Waals surface area contributed by atoms with Crippen molar-refractivity contribution in [3.8, 4) is 0 Å². The summed E-state index contributed by atoms with van der Waals surface area (Å²) in [4.78, 5) is 41.5. The minimum atomic E-state index is -1.36. The summed E-state index contributed by atoms with van der Waals surface area (Å²) in [6, 6.07) is 11.8. The maximum absolute atomic E-state index is 12.7. The number of benzene rings is 1. The van der Waals surface area contributed by atoms with E-state index in [-0.39, 0.29) is 34.9 Å². The van der Waals surface area contributed by atoms with Crippen molar-refractivity contribution in [3.05, 3.63) is 59.8 Å². The molecule has 1 aromatic carbocycles. The van der Waals surface area contributed by atoms with Crippen molar-refractivity contribution in [3.63, 3.8) is 0 Å². The van der Waals surface area contributed by atoms with Gasteiger partial charge in [-0.25, -0.2) is 4.98 Å². The second kappa shape index (κ2) is 7.06. The van der Waals surface area contributed by atoms with E-state index in [1.165, 1.54) is 23.2 Å². The smallest absolute Gasteiger partial charge is 0.243 e. The van der Waals surface area contributed by atoms with Gasteiger partial charge < -0.3 is 9.90 Å². The Morgan fingerprint density at radius 2 is 1.96 bits per heavy atom. The van der Waals surface area contributed by atoms with Crippen LogP contribution in [0.3, 0.4) is 0 Å². The van der Waals surface area contributed by atoms with E-state index in [1.807, 2.05) is 30.3 Å². The molecular formula is C18H15N2O4S-. The Morgan fingerprint density at radius 1 is 1.24 bits per heavy atom. The zero-order valence-electron chi connectivity index (χ0n) is 13.4. The van der Waals surface area contributed by atoms with Gasteiger partial charge in [0.25, 0.3) is 0 Å². The molecule has 7 heteroatoms. The monoisotopic (exact) mass is 355 g/mol.